The zero-order chi connectivity index (χ0) is 23.0. The molecule has 0 saturated carbocycles. The van der Waals surface area contributed by atoms with Crippen molar-refractivity contribution in [3.63, 3.8) is 0 Å². The Balaban J connectivity index is 1.38. The van der Waals surface area contributed by atoms with Crippen LogP contribution < -0.4 is 10.6 Å². The van der Waals surface area contributed by atoms with E-state index in [0.717, 1.165) is 50.4 Å². The molecule has 2 N–H and O–H groups in total. The van der Waals surface area contributed by atoms with Crippen molar-refractivity contribution in [2.24, 2.45) is 0 Å². The zero-order valence-electron chi connectivity index (χ0n) is 19.3. The van der Waals surface area contributed by atoms with Crippen molar-refractivity contribution >= 4 is 35.1 Å². The topological polar surface area (TPSA) is 101 Å². The molecule has 0 aromatic carbocycles. The van der Waals surface area contributed by atoms with Gasteiger partial charge >= 0.3 is 0 Å². The molecule has 178 valence electrons. The highest BCUT2D eigenvalue weighted by Crippen LogP contribution is 2.12. The van der Waals surface area contributed by atoms with Crippen LogP contribution in [0.15, 0.2) is 0 Å². The van der Waals surface area contributed by atoms with Crippen molar-refractivity contribution in [1.82, 2.24) is 29.9 Å². The second-order valence-electron chi connectivity index (χ2n) is 7.78. The van der Waals surface area contributed by atoms with Crippen LogP contribution in [-0.2, 0) is 12.8 Å². The standard InChI is InChI=1S/C22H36Cl2N8/c1-3-17-27-19(23)31-21(29-17)25-15-13-11-9-7-5-6-8-10-12-14-16-26-22-30-18(4-2)28-20(24)32-22/h3-16H2,1-2H3,(H,25,27,29,31)(H,26,28,30,32). The smallest absolute Gasteiger partial charge is 0.227 e. The highest BCUT2D eigenvalue weighted by atomic mass is 35.5. The lowest BCUT2D eigenvalue weighted by Gasteiger charge is -2.07. The van der Waals surface area contributed by atoms with Gasteiger partial charge in [-0.15, -0.1) is 0 Å². The Bertz CT molecular complexity index is 725. The molecule has 2 aromatic heterocycles. The largest absolute Gasteiger partial charge is 0.354 e. The summed E-state index contributed by atoms with van der Waals surface area (Å²) in [6.07, 6.45) is 14.0. The summed E-state index contributed by atoms with van der Waals surface area (Å²) in [6, 6.07) is 0. The molecule has 0 amide bonds. The number of nitrogens with zero attached hydrogens (tertiary/aromatic N) is 6. The molecule has 0 radical (unpaired) electrons. The van der Waals surface area contributed by atoms with E-state index >= 15 is 0 Å². The molecule has 32 heavy (non-hydrogen) atoms. The molecule has 2 rings (SSSR count). The van der Waals surface area contributed by atoms with Gasteiger partial charge in [0.15, 0.2) is 0 Å². The molecule has 0 fully saturated rings. The first-order chi connectivity index (χ1) is 15.6. The Morgan fingerprint density at radius 3 is 1.19 bits per heavy atom. The number of aryl methyl sites for hydroxylation is 2. The van der Waals surface area contributed by atoms with E-state index in [-0.39, 0.29) is 10.6 Å². The number of anilines is 2. The van der Waals surface area contributed by atoms with E-state index in [4.69, 9.17) is 23.2 Å². The van der Waals surface area contributed by atoms with Crippen molar-refractivity contribution in [2.75, 3.05) is 23.7 Å². The SMILES string of the molecule is CCc1nc(Cl)nc(NCCCCCCCCCCCCNc2nc(Cl)nc(CC)n2)n1. The quantitative estimate of drug-likeness (QED) is 0.268. The lowest BCUT2D eigenvalue weighted by atomic mass is 10.1. The number of unbranched alkanes of at least 4 members (excludes halogenated alkanes) is 9. The number of aromatic nitrogens is 6. The van der Waals surface area contributed by atoms with Gasteiger partial charge in [0.2, 0.25) is 22.5 Å². The van der Waals surface area contributed by atoms with E-state index < -0.39 is 0 Å². The van der Waals surface area contributed by atoms with Crippen molar-refractivity contribution in [2.45, 2.75) is 90.9 Å². The van der Waals surface area contributed by atoms with Crippen LogP contribution in [0.1, 0.15) is 89.7 Å². The minimum Gasteiger partial charge on any atom is -0.354 e. The minimum atomic E-state index is 0.258. The van der Waals surface area contributed by atoms with Gasteiger partial charge in [0, 0.05) is 25.9 Å². The van der Waals surface area contributed by atoms with Gasteiger partial charge in [0.25, 0.3) is 0 Å². The molecule has 8 nitrogen and oxygen atoms in total. The lowest BCUT2D eigenvalue weighted by Crippen LogP contribution is -2.08. The molecule has 0 aliphatic heterocycles. The summed E-state index contributed by atoms with van der Waals surface area (Å²) in [5.41, 5.74) is 0. The summed E-state index contributed by atoms with van der Waals surface area (Å²) in [7, 11) is 0. The van der Waals surface area contributed by atoms with Crippen LogP contribution in [0.3, 0.4) is 0 Å². The van der Waals surface area contributed by atoms with Gasteiger partial charge in [-0.05, 0) is 36.0 Å². The molecule has 2 aromatic rings. The van der Waals surface area contributed by atoms with E-state index in [0.29, 0.717) is 11.9 Å². The summed E-state index contributed by atoms with van der Waals surface area (Å²) in [4.78, 5) is 25.1. The Morgan fingerprint density at radius 1 is 0.500 bits per heavy atom. The fraction of sp³-hybridized carbons (Fsp3) is 0.727. The molecule has 0 aliphatic carbocycles. The number of halogens is 2. The fourth-order valence-electron chi connectivity index (χ4n) is 3.32. The first-order valence-corrected chi connectivity index (χ1v) is 12.6. The number of nitrogens with one attached hydrogen (secondary N) is 2. The van der Waals surface area contributed by atoms with E-state index in [2.05, 4.69) is 40.5 Å². The number of rotatable bonds is 17. The molecule has 0 bridgehead atoms. The first-order valence-electron chi connectivity index (χ1n) is 11.9. The Kier molecular flexibility index (Phi) is 13.2. The summed E-state index contributed by atoms with van der Waals surface area (Å²) < 4.78 is 0. The van der Waals surface area contributed by atoms with Crippen LogP contribution in [0.5, 0.6) is 0 Å². The van der Waals surface area contributed by atoms with Gasteiger partial charge < -0.3 is 10.6 Å². The first kappa shape index (κ1) is 26.5. The average molecular weight is 483 g/mol. The summed E-state index contributed by atoms with van der Waals surface area (Å²) in [5.74, 6) is 2.61. The van der Waals surface area contributed by atoms with Crippen LogP contribution in [0, 0.1) is 0 Å². The maximum atomic E-state index is 5.91. The van der Waals surface area contributed by atoms with Crippen molar-refractivity contribution in [3.8, 4) is 0 Å². The second kappa shape index (κ2) is 15.9. The molecule has 0 unspecified atom stereocenters. The number of hydrogen-bond donors (Lipinski definition) is 2. The minimum absolute atomic E-state index is 0.258. The third kappa shape index (κ3) is 11.2. The van der Waals surface area contributed by atoms with Gasteiger partial charge in [-0.1, -0.05) is 65.2 Å². The fourth-order valence-corrected chi connectivity index (χ4v) is 3.68. The van der Waals surface area contributed by atoms with Crippen LogP contribution >= 0.6 is 23.2 Å². The normalized spacial score (nSPS) is 11.0. The van der Waals surface area contributed by atoms with E-state index in [1.165, 1.54) is 51.4 Å². The lowest BCUT2D eigenvalue weighted by molar-refractivity contribution is 0.557. The van der Waals surface area contributed by atoms with Gasteiger partial charge in [0.1, 0.15) is 11.6 Å². The third-order valence-electron chi connectivity index (χ3n) is 5.11. The highest BCUT2D eigenvalue weighted by molar-refractivity contribution is 6.28. The van der Waals surface area contributed by atoms with Gasteiger partial charge in [0.05, 0.1) is 0 Å². The Labute approximate surface area is 201 Å². The highest BCUT2D eigenvalue weighted by Gasteiger charge is 2.04. The Morgan fingerprint density at radius 2 is 0.844 bits per heavy atom. The molecular weight excluding hydrogens is 447 g/mol. The second-order valence-corrected chi connectivity index (χ2v) is 8.46. The average Bonchev–Trinajstić information content (AvgIpc) is 2.78. The van der Waals surface area contributed by atoms with Gasteiger partial charge in [-0.3, -0.25) is 0 Å². The van der Waals surface area contributed by atoms with Crippen molar-refractivity contribution in [1.29, 1.82) is 0 Å². The van der Waals surface area contributed by atoms with Crippen LogP contribution in [0.4, 0.5) is 11.9 Å². The molecular formula is C22H36Cl2N8. The van der Waals surface area contributed by atoms with Crippen LogP contribution in [0.2, 0.25) is 10.6 Å². The molecule has 0 atom stereocenters. The van der Waals surface area contributed by atoms with E-state index in [9.17, 15) is 0 Å². The predicted octanol–water partition coefficient (Wildman–Crippen LogP) is 5.91. The van der Waals surface area contributed by atoms with Crippen molar-refractivity contribution in [3.05, 3.63) is 22.2 Å². The van der Waals surface area contributed by atoms with Crippen molar-refractivity contribution < 1.29 is 0 Å². The molecule has 10 heteroatoms. The summed E-state index contributed by atoms with van der Waals surface area (Å²) in [6.45, 7) is 5.75. The number of hydrogen-bond acceptors (Lipinski definition) is 8. The van der Waals surface area contributed by atoms with Crippen LogP contribution in [-0.4, -0.2) is 43.0 Å². The maximum Gasteiger partial charge on any atom is 0.227 e. The predicted molar refractivity (Wildman–Crippen MR) is 132 cm³/mol. The van der Waals surface area contributed by atoms with Gasteiger partial charge in [-0.25, -0.2) is 9.97 Å². The monoisotopic (exact) mass is 482 g/mol. The summed E-state index contributed by atoms with van der Waals surface area (Å²) in [5, 5.41) is 7.01. The summed E-state index contributed by atoms with van der Waals surface area (Å²) >= 11 is 11.8. The van der Waals surface area contributed by atoms with Gasteiger partial charge in [-0.2, -0.15) is 19.9 Å². The molecule has 0 spiro atoms. The maximum absolute atomic E-state index is 5.91. The van der Waals surface area contributed by atoms with E-state index in [1.807, 2.05) is 13.8 Å². The molecule has 0 saturated heterocycles. The third-order valence-corrected chi connectivity index (χ3v) is 5.45. The van der Waals surface area contributed by atoms with E-state index in [1.54, 1.807) is 0 Å². The Hall–Kier alpha value is -1.80. The zero-order valence-corrected chi connectivity index (χ0v) is 20.9. The molecule has 2 heterocycles. The molecule has 0 aliphatic rings. The van der Waals surface area contributed by atoms with Crippen LogP contribution in [0.25, 0.3) is 0 Å².